The third kappa shape index (κ3) is 3.68. The van der Waals surface area contributed by atoms with Crippen LogP contribution in [0.15, 0.2) is 54.7 Å². The number of anilines is 1. The first-order valence-electron chi connectivity index (χ1n) is 9.02. The van der Waals surface area contributed by atoms with Gasteiger partial charge in [0.1, 0.15) is 0 Å². The van der Waals surface area contributed by atoms with E-state index < -0.39 is 0 Å². The van der Waals surface area contributed by atoms with Gasteiger partial charge in [0, 0.05) is 42.6 Å². The molecule has 2 N–H and O–H groups in total. The zero-order chi connectivity index (χ0) is 17.2. The standard InChI is InChI=1S/C21H24ClN3/c22-18-4-1-16(2-5-18)7-11-24-12-9-20(10-13-24)25-14-8-17-3-6-19(23)15-21(17)25/h1-6,8,14-15,20H,7,9-13,23H2. The number of halogens is 1. The van der Waals surface area contributed by atoms with Crippen LogP contribution >= 0.6 is 11.6 Å². The van der Waals surface area contributed by atoms with Crippen LogP contribution in [0.2, 0.25) is 5.02 Å². The van der Waals surface area contributed by atoms with E-state index in [4.69, 9.17) is 17.3 Å². The molecule has 1 aliphatic heterocycles. The lowest BCUT2D eigenvalue weighted by Gasteiger charge is -2.33. The van der Waals surface area contributed by atoms with Crippen LogP contribution in [-0.4, -0.2) is 29.1 Å². The molecule has 2 heterocycles. The number of fused-ring (bicyclic) bond motifs is 1. The van der Waals surface area contributed by atoms with Crippen molar-refractivity contribution in [3.63, 3.8) is 0 Å². The number of nitrogen functional groups attached to an aromatic ring is 1. The molecule has 0 spiro atoms. The lowest BCUT2D eigenvalue weighted by atomic mass is 10.0. The Morgan fingerprint density at radius 2 is 1.76 bits per heavy atom. The van der Waals surface area contributed by atoms with E-state index in [9.17, 15) is 0 Å². The molecule has 25 heavy (non-hydrogen) atoms. The van der Waals surface area contributed by atoms with E-state index in [2.05, 4.69) is 46.0 Å². The Bertz CT molecular complexity index is 845. The smallest absolute Gasteiger partial charge is 0.0503 e. The van der Waals surface area contributed by atoms with E-state index >= 15 is 0 Å². The summed E-state index contributed by atoms with van der Waals surface area (Å²) >= 11 is 5.96. The minimum atomic E-state index is 0.575. The van der Waals surface area contributed by atoms with Crippen molar-refractivity contribution in [2.45, 2.75) is 25.3 Å². The van der Waals surface area contributed by atoms with Crippen molar-refractivity contribution in [1.82, 2.24) is 9.47 Å². The van der Waals surface area contributed by atoms with Crippen LogP contribution in [0, 0.1) is 0 Å². The lowest BCUT2D eigenvalue weighted by molar-refractivity contribution is 0.190. The van der Waals surface area contributed by atoms with Gasteiger partial charge >= 0.3 is 0 Å². The number of aromatic nitrogens is 1. The molecular weight excluding hydrogens is 330 g/mol. The van der Waals surface area contributed by atoms with Gasteiger partial charge in [0.2, 0.25) is 0 Å². The Morgan fingerprint density at radius 1 is 1.00 bits per heavy atom. The van der Waals surface area contributed by atoms with Crippen LogP contribution in [0.5, 0.6) is 0 Å². The minimum Gasteiger partial charge on any atom is -0.399 e. The molecule has 1 aromatic heterocycles. The molecular formula is C21H24ClN3. The zero-order valence-corrected chi connectivity index (χ0v) is 15.1. The number of nitrogens with two attached hydrogens (primary N) is 1. The Morgan fingerprint density at radius 3 is 2.52 bits per heavy atom. The first kappa shape index (κ1) is 16.5. The van der Waals surface area contributed by atoms with Crippen molar-refractivity contribution >= 4 is 28.2 Å². The Hall–Kier alpha value is -1.97. The second-order valence-electron chi connectivity index (χ2n) is 6.99. The van der Waals surface area contributed by atoms with Gasteiger partial charge in [-0.3, -0.25) is 0 Å². The molecule has 4 rings (SSSR count). The van der Waals surface area contributed by atoms with Crippen molar-refractivity contribution in [3.8, 4) is 0 Å². The summed E-state index contributed by atoms with van der Waals surface area (Å²) in [5.74, 6) is 0. The van der Waals surface area contributed by atoms with E-state index in [0.29, 0.717) is 6.04 Å². The van der Waals surface area contributed by atoms with Gasteiger partial charge in [0.25, 0.3) is 0 Å². The fourth-order valence-corrected chi connectivity index (χ4v) is 3.97. The number of likely N-dealkylation sites (tertiary alicyclic amines) is 1. The molecule has 0 saturated carbocycles. The lowest BCUT2D eigenvalue weighted by Crippen LogP contribution is -2.35. The summed E-state index contributed by atoms with van der Waals surface area (Å²) in [5.41, 5.74) is 9.44. The van der Waals surface area contributed by atoms with Gasteiger partial charge in [-0.05, 0) is 60.5 Å². The predicted octanol–water partition coefficient (Wildman–Crippen LogP) is 4.76. The number of nitrogens with zero attached hydrogens (tertiary/aromatic N) is 2. The number of piperidine rings is 1. The average Bonchev–Trinajstić information content (AvgIpc) is 3.05. The monoisotopic (exact) mass is 353 g/mol. The van der Waals surface area contributed by atoms with Gasteiger partial charge in [0.05, 0.1) is 5.52 Å². The molecule has 0 radical (unpaired) electrons. The largest absolute Gasteiger partial charge is 0.399 e. The highest BCUT2D eigenvalue weighted by Gasteiger charge is 2.21. The normalized spacial score (nSPS) is 16.5. The van der Waals surface area contributed by atoms with Crippen LogP contribution in [0.25, 0.3) is 10.9 Å². The third-order valence-electron chi connectivity index (χ3n) is 5.33. The van der Waals surface area contributed by atoms with Gasteiger partial charge in [-0.15, -0.1) is 0 Å². The fraction of sp³-hybridized carbons (Fsp3) is 0.333. The van der Waals surface area contributed by atoms with E-state index in [-0.39, 0.29) is 0 Å². The molecule has 3 aromatic rings. The molecule has 1 aliphatic rings. The number of hydrogen-bond acceptors (Lipinski definition) is 2. The number of hydrogen-bond donors (Lipinski definition) is 1. The molecule has 0 atom stereocenters. The van der Waals surface area contributed by atoms with Gasteiger partial charge in [-0.25, -0.2) is 0 Å². The summed E-state index contributed by atoms with van der Waals surface area (Å²) in [6.07, 6.45) is 5.70. The second kappa shape index (κ2) is 7.11. The molecule has 1 fully saturated rings. The van der Waals surface area contributed by atoms with Crippen LogP contribution in [0.4, 0.5) is 5.69 Å². The van der Waals surface area contributed by atoms with Crippen LogP contribution in [-0.2, 0) is 6.42 Å². The van der Waals surface area contributed by atoms with Gasteiger partial charge in [-0.1, -0.05) is 29.8 Å². The summed E-state index contributed by atoms with van der Waals surface area (Å²) < 4.78 is 2.42. The maximum Gasteiger partial charge on any atom is 0.0503 e. The van der Waals surface area contributed by atoms with Crippen LogP contribution in [0.1, 0.15) is 24.4 Å². The molecule has 4 heteroatoms. The van der Waals surface area contributed by atoms with Crippen molar-refractivity contribution < 1.29 is 0 Å². The SMILES string of the molecule is Nc1ccc2ccn(C3CCN(CCc4ccc(Cl)cc4)CC3)c2c1. The molecule has 1 saturated heterocycles. The molecule has 2 aromatic carbocycles. The van der Waals surface area contributed by atoms with Crippen molar-refractivity contribution in [2.24, 2.45) is 0 Å². The van der Waals surface area contributed by atoms with Gasteiger partial charge in [-0.2, -0.15) is 0 Å². The molecule has 0 amide bonds. The fourth-order valence-electron chi connectivity index (χ4n) is 3.84. The van der Waals surface area contributed by atoms with Gasteiger partial charge in [0.15, 0.2) is 0 Å². The molecule has 130 valence electrons. The van der Waals surface area contributed by atoms with Gasteiger partial charge < -0.3 is 15.2 Å². The predicted molar refractivity (Wildman–Crippen MR) is 106 cm³/mol. The minimum absolute atomic E-state index is 0.575. The maximum atomic E-state index is 5.98. The second-order valence-corrected chi connectivity index (χ2v) is 7.43. The quantitative estimate of drug-likeness (QED) is 0.686. The first-order chi connectivity index (χ1) is 12.2. The highest BCUT2D eigenvalue weighted by atomic mass is 35.5. The van der Waals surface area contributed by atoms with E-state index in [1.807, 2.05) is 18.2 Å². The highest BCUT2D eigenvalue weighted by molar-refractivity contribution is 6.30. The third-order valence-corrected chi connectivity index (χ3v) is 5.58. The van der Waals surface area contributed by atoms with Crippen molar-refractivity contribution in [1.29, 1.82) is 0 Å². The van der Waals surface area contributed by atoms with Crippen LogP contribution in [0.3, 0.4) is 0 Å². The van der Waals surface area contributed by atoms with Crippen molar-refractivity contribution in [3.05, 3.63) is 65.3 Å². The van der Waals surface area contributed by atoms with E-state index in [1.165, 1.54) is 29.3 Å². The summed E-state index contributed by atoms with van der Waals surface area (Å²) in [6, 6.07) is 17.2. The van der Waals surface area contributed by atoms with E-state index in [1.54, 1.807) is 0 Å². The summed E-state index contributed by atoms with van der Waals surface area (Å²) in [5, 5.41) is 2.09. The molecule has 0 unspecified atom stereocenters. The molecule has 0 bridgehead atoms. The zero-order valence-electron chi connectivity index (χ0n) is 14.4. The Kier molecular flexibility index (Phi) is 4.69. The van der Waals surface area contributed by atoms with E-state index in [0.717, 1.165) is 36.8 Å². The Balaban J connectivity index is 1.36. The first-order valence-corrected chi connectivity index (χ1v) is 9.40. The highest BCUT2D eigenvalue weighted by Crippen LogP contribution is 2.29. The summed E-state index contributed by atoms with van der Waals surface area (Å²) in [4.78, 5) is 2.57. The summed E-state index contributed by atoms with van der Waals surface area (Å²) in [7, 11) is 0. The van der Waals surface area contributed by atoms with Crippen LogP contribution < -0.4 is 5.73 Å². The number of rotatable bonds is 4. The number of benzene rings is 2. The summed E-state index contributed by atoms with van der Waals surface area (Å²) in [6.45, 7) is 3.42. The average molecular weight is 354 g/mol. The molecule has 3 nitrogen and oxygen atoms in total. The maximum absolute atomic E-state index is 5.98. The topological polar surface area (TPSA) is 34.2 Å². The molecule has 0 aliphatic carbocycles. The Labute approximate surface area is 154 Å². The van der Waals surface area contributed by atoms with Crippen molar-refractivity contribution in [2.75, 3.05) is 25.4 Å².